The Morgan fingerprint density at radius 1 is 1.25 bits per heavy atom. The lowest BCUT2D eigenvalue weighted by Gasteiger charge is -2.21. The maximum Gasteiger partial charge on any atom is 0.262 e. The number of carbonyl (C=O) groups is 2. The van der Waals surface area contributed by atoms with E-state index in [0.717, 1.165) is 35.6 Å². The van der Waals surface area contributed by atoms with Crippen LogP contribution in [0.4, 0.5) is 11.4 Å². The molecule has 0 saturated heterocycles. The van der Waals surface area contributed by atoms with E-state index in [4.69, 9.17) is 11.6 Å². The van der Waals surface area contributed by atoms with Crippen LogP contribution in [0.15, 0.2) is 36.8 Å². The van der Waals surface area contributed by atoms with Crippen LogP contribution in [0.2, 0.25) is 5.02 Å². The first-order valence-corrected chi connectivity index (χ1v) is 13.6. The third-order valence-corrected chi connectivity index (χ3v) is 8.07. The molecule has 3 N–H and O–H groups in total. The second kappa shape index (κ2) is 11.9. The average Bonchev–Trinajstić information content (AvgIpc) is 3.63. The lowest BCUT2D eigenvalue weighted by Crippen LogP contribution is -2.44. The molecular weight excluding hydrogens is 496 g/mol. The first-order chi connectivity index (χ1) is 17.3. The van der Waals surface area contributed by atoms with Gasteiger partial charge in [-0.3, -0.25) is 19.3 Å². The largest absolute Gasteiger partial charge is 0.376 e. The third kappa shape index (κ3) is 6.64. The fraction of sp³-hybridized carbons (Fsp3) is 0.462. The summed E-state index contributed by atoms with van der Waals surface area (Å²) in [7, 11) is 0. The normalized spacial score (nSPS) is 15.4. The van der Waals surface area contributed by atoms with E-state index in [2.05, 4.69) is 26.0 Å². The number of hydrogen-bond donors (Lipinski definition) is 3. The molecule has 1 aliphatic carbocycles. The van der Waals surface area contributed by atoms with Gasteiger partial charge < -0.3 is 16.0 Å². The minimum Gasteiger partial charge on any atom is -0.376 e. The van der Waals surface area contributed by atoms with E-state index >= 15 is 0 Å². The maximum absolute atomic E-state index is 13.2. The van der Waals surface area contributed by atoms with Crippen molar-refractivity contribution in [3.8, 4) is 0 Å². The molecular formula is C26H33ClN6O2S. The summed E-state index contributed by atoms with van der Waals surface area (Å²) < 4.78 is 1.75. The van der Waals surface area contributed by atoms with Crippen LogP contribution in [0.1, 0.15) is 72.2 Å². The van der Waals surface area contributed by atoms with E-state index in [1.807, 2.05) is 39.0 Å². The first-order valence-electron chi connectivity index (χ1n) is 12.4. The van der Waals surface area contributed by atoms with Crippen molar-refractivity contribution in [1.29, 1.82) is 0 Å². The van der Waals surface area contributed by atoms with Gasteiger partial charge in [-0.1, -0.05) is 37.3 Å². The molecule has 2 amide bonds. The first kappa shape index (κ1) is 26.2. The van der Waals surface area contributed by atoms with Crippen molar-refractivity contribution < 1.29 is 9.59 Å². The molecule has 2 atom stereocenters. The SMILES string of the molecule is CCn1cc(NC(=O)[C@H](CC2CCCC2)NC(=O)c2ccc([C@H](C)Nc3cc(Cl)cnc3C)s2)cn1. The van der Waals surface area contributed by atoms with Crippen LogP contribution < -0.4 is 16.0 Å². The van der Waals surface area contributed by atoms with E-state index in [1.54, 1.807) is 23.3 Å². The Morgan fingerprint density at radius 2 is 2.03 bits per heavy atom. The average molecular weight is 529 g/mol. The Balaban J connectivity index is 1.43. The second-order valence-corrected chi connectivity index (χ2v) is 10.9. The number of carbonyl (C=O) groups excluding carboxylic acids is 2. The number of nitrogens with zero attached hydrogens (tertiary/aromatic N) is 3. The summed E-state index contributed by atoms with van der Waals surface area (Å²) in [6, 6.07) is 4.95. The molecule has 3 heterocycles. The Bertz CT molecular complexity index is 1200. The molecule has 3 aromatic heterocycles. The molecule has 36 heavy (non-hydrogen) atoms. The molecule has 1 saturated carbocycles. The van der Waals surface area contributed by atoms with Crippen molar-refractivity contribution in [2.24, 2.45) is 5.92 Å². The van der Waals surface area contributed by atoms with Gasteiger partial charge in [-0.05, 0) is 51.3 Å². The smallest absolute Gasteiger partial charge is 0.262 e. The Kier molecular flexibility index (Phi) is 8.64. The summed E-state index contributed by atoms with van der Waals surface area (Å²) in [6.45, 7) is 6.65. The maximum atomic E-state index is 13.2. The lowest BCUT2D eigenvalue weighted by atomic mass is 9.97. The summed E-state index contributed by atoms with van der Waals surface area (Å²) >= 11 is 7.51. The van der Waals surface area contributed by atoms with Crippen molar-refractivity contribution >= 4 is 46.1 Å². The summed E-state index contributed by atoms with van der Waals surface area (Å²) in [5.41, 5.74) is 2.34. The molecule has 10 heteroatoms. The van der Waals surface area contributed by atoms with E-state index in [-0.39, 0.29) is 17.9 Å². The molecule has 4 rings (SSSR count). The minimum absolute atomic E-state index is 0.0387. The zero-order chi connectivity index (χ0) is 25.7. The molecule has 3 aromatic rings. The second-order valence-electron chi connectivity index (χ2n) is 9.34. The zero-order valence-corrected chi connectivity index (χ0v) is 22.5. The van der Waals surface area contributed by atoms with E-state index in [1.165, 1.54) is 24.2 Å². The van der Waals surface area contributed by atoms with Crippen LogP contribution >= 0.6 is 22.9 Å². The van der Waals surface area contributed by atoms with E-state index in [9.17, 15) is 9.59 Å². The number of anilines is 2. The molecule has 0 radical (unpaired) electrons. The number of aromatic nitrogens is 3. The van der Waals surface area contributed by atoms with Gasteiger partial charge in [-0.25, -0.2) is 0 Å². The van der Waals surface area contributed by atoms with Gasteiger partial charge in [0, 0.05) is 23.8 Å². The van der Waals surface area contributed by atoms with Crippen molar-refractivity contribution in [2.45, 2.75) is 71.5 Å². The molecule has 0 aromatic carbocycles. The highest BCUT2D eigenvalue weighted by Crippen LogP contribution is 2.30. The van der Waals surface area contributed by atoms with Gasteiger partial charge in [0.2, 0.25) is 5.91 Å². The Labute approximate surface area is 220 Å². The molecule has 0 bridgehead atoms. The van der Waals surface area contributed by atoms with Crippen LogP contribution in [-0.2, 0) is 11.3 Å². The number of thiophene rings is 1. The monoisotopic (exact) mass is 528 g/mol. The summed E-state index contributed by atoms with van der Waals surface area (Å²) in [6.07, 6.45) is 10.2. The highest BCUT2D eigenvalue weighted by atomic mass is 35.5. The van der Waals surface area contributed by atoms with Crippen molar-refractivity contribution in [1.82, 2.24) is 20.1 Å². The number of hydrogen-bond acceptors (Lipinski definition) is 6. The minimum atomic E-state index is -0.605. The molecule has 0 spiro atoms. The molecule has 8 nitrogen and oxygen atoms in total. The Hall–Kier alpha value is -2.91. The molecule has 0 aliphatic heterocycles. The molecule has 1 aliphatic rings. The quantitative estimate of drug-likeness (QED) is 0.308. The third-order valence-electron chi connectivity index (χ3n) is 6.59. The van der Waals surface area contributed by atoms with Gasteiger partial charge in [-0.2, -0.15) is 5.10 Å². The van der Waals surface area contributed by atoms with Gasteiger partial charge >= 0.3 is 0 Å². The van der Waals surface area contributed by atoms with Gasteiger partial charge in [0.15, 0.2) is 0 Å². The Morgan fingerprint density at radius 3 is 2.75 bits per heavy atom. The van der Waals surface area contributed by atoms with Gasteiger partial charge in [-0.15, -0.1) is 11.3 Å². The topological polar surface area (TPSA) is 101 Å². The zero-order valence-electron chi connectivity index (χ0n) is 20.9. The predicted octanol–water partition coefficient (Wildman–Crippen LogP) is 5.81. The van der Waals surface area contributed by atoms with Crippen LogP contribution in [0.25, 0.3) is 0 Å². The standard InChI is InChI=1S/C26H33ClN6O2S/c1-4-33-15-20(14-29-33)31-25(34)22(11-18-7-5-6-8-18)32-26(35)24-10-9-23(36-24)17(3)30-21-12-19(27)13-28-16(21)2/h9-10,12-15,17-18,22,30H,4-8,11H2,1-3H3,(H,31,34)(H,32,35)/t17-,22-/m0/s1. The van der Waals surface area contributed by atoms with Crippen molar-refractivity contribution in [3.05, 3.63) is 57.3 Å². The molecule has 0 unspecified atom stereocenters. The predicted molar refractivity (Wildman–Crippen MR) is 145 cm³/mol. The fourth-order valence-electron chi connectivity index (χ4n) is 4.54. The lowest BCUT2D eigenvalue weighted by molar-refractivity contribution is -0.118. The molecule has 192 valence electrons. The van der Waals surface area contributed by atoms with Crippen LogP contribution in [0.5, 0.6) is 0 Å². The fourth-order valence-corrected chi connectivity index (χ4v) is 5.61. The summed E-state index contributed by atoms with van der Waals surface area (Å²) in [5.74, 6) is 0.000168. The summed E-state index contributed by atoms with van der Waals surface area (Å²) in [5, 5.41) is 14.1. The highest BCUT2D eigenvalue weighted by molar-refractivity contribution is 7.14. The van der Waals surface area contributed by atoms with E-state index < -0.39 is 6.04 Å². The van der Waals surface area contributed by atoms with Crippen LogP contribution in [0.3, 0.4) is 0 Å². The van der Waals surface area contributed by atoms with Crippen molar-refractivity contribution in [3.63, 3.8) is 0 Å². The van der Waals surface area contributed by atoms with Gasteiger partial charge in [0.25, 0.3) is 5.91 Å². The van der Waals surface area contributed by atoms with Crippen LogP contribution in [-0.4, -0.2) is 32.6 Å². The highest BCUT2D eigenvalue weighted by Gasteiger charge is 2.28. The van der Waals surface area contributed by atoms with Crippen molar-refractivity contribution in [2.75, 3.05) is 10.6 Å². The number of rotatable bonds is 10. The summed E-state index contributed by atoms with van der Waals surface area (Å²) in [4.78, 5) is 32.2. The number of aryl methyl sites for hydroxylation is 2. The number of halogens is 1. The molecule has 1 fully saturated rings. The number of nitrogens with one attached hydrogen (secondary N) is 3. The number of pyridine rings is 1. The number of amides is 2. The van der Waals surface area contributed by atoms with Gasteiger partial charge in [0.1, 0.15) is 6.04 Å². The van der Waals surface area contributed by atoms with E-state index in [0.29, 0.717) is 27.9 Å². The van der Waals surface area contributed by atoms with Gasteiger partial charge in [0.05, 0.1) is 39.2 Å². The van der Waals surface area contributed by atoms with Crippen LogP contribution in [0, 0.1) is 12.8 Å².